The monoisotopic (exact) mass is 286 g/mol. The van der Waals surface area contributed by atoms with Crippen molar-refractivity contribution < 1.29 is 9.53 Å². The standard InChI is InChI=1S/C15H18N4O2/c1-10-7-19(8-11(2)21-10)15-4-3-13(18-14(15)9-20)12-5-16-17-6-12/h3-6,9-11H,7-8H2,1-2H3,(H,16,17). The largest absolute Gasteiger partial charge is 0.372 e. The number of ether oxygens (including phenoxy) is 1. The second-order valence-electron chi connectivity index (χ2n) is 5.37. The van der Waals surface area contributed by atoms with E-state index >= 15 is 0 Å². The third-order valence-electron chi connectivity index (χ3n) is 3.57. The van der Waals surface area contributed by atoms with Gasteiger partial charge < -0.3 is 9.64 Å². The van der Waals surface area contributed by atoms with E-state index in [1.165, 1.54) is 0 Å². The number of aromatic nitrogens is 3. The summed E-state index contributed by atoms with van der Waals surface area (Å²) in [4.78, 5) is 18.0. The van der Waals surface area contributed by atoms with E-state index in [0.29, 0.717) is 5.69 Å². The summed E-state index contributed by atoms with van der Waals surface area (Å²) < 4.78 is 5.73. The summed E-state index contributed by atoms with van der Waals surface area (Å²) in [5.74, 6) is 0. The number of carbonyl (C=O) groups is 1. The number of H-pyrrole nitrogens is 1. The average molecular weight is 286 g/mol. The van der Waals surface area contributed by atoms with Gasteiger partial charge in [0.25, 0.3) is 0 Å². The van der Waals surface area contributed by atoms with Gasteiger partial charge in [-0.15, -0.1) is 0 Å². The molecule has 3 heterocycles. The fourth-order valence-corrected chi connectivity index (χ4v) is 2.75. The molecule has 1 aliphatic rings. The van der Waals surface area contributed by atoms with Gasteiger partial charge in [-0.05, 0) is 26.0 Å². The first-order valence-corrected chi connectivity index (χ1v) is 7.03. The molecular formula is C15H18N4O2. The zero-order chi connectivity index (χ0) is 14.8. The number of pyridine rings is 1. The van der Waals surface area contributed by atoms with Crippen molar-refractivity contribution in [3.63, 3.8) is 0 Å². The van der Waals surface area contributed by atoms with Gasteiger partial charge in [0.2, 0.25) is 0 Å². The summed E-state index contributed by atoms with van der Waals surface area (Å²) in [5.41, 5.74) is 2.92. The highest BCUT2D eigenvalue weighted by Gasteiger charge is 2.24. The van der Waals surface area contributed by atoms with Gasteiger partial charge in [0.15, 0.2) is 6.29 Å². The molecule has 0 aliphatic carbocycles. The van der Waals surface area contributed by atoms with Crippen LogP contribution in [0.25, 0.3) is 11.3 Å². The second kappa shape index (κ2) is 5.65. The van der Waals surface area contributed by atoms with Crippen LogP contribution in [0, 0.1) is 0 Å². The van der Waals surface area contributed by atoms with Crippen molar-refractivity contribution in [1.29, 1.82) is 0 Å². The minimum Gasteiger partial charge on any atom is -0.372 e. The zero-order valence-electron chi connectivity index (χ0n) is 12.1. The maximum Gasteiger partial charge on any atom is 0.170 e. The highest BCUT2D eigenvalue weighted by atomic mass is 16.5. The number of rotatable bonds is 3. The molecule has 21 heavy (non-hydrogen) atoms. The summed E-state index contributed by atoms with van der Waals surface area (Å²) in [6, 6.07) is 3.86. The minimum atomic E-state index is 0.141. The van der Waals surface area contributed by atoms with Gasteiger partial charge in [-0.1, -0.05) is 0 Å². The quantitative estimate of drug-likeness (QED) is 0.873. The molecule has 0 spiro atoms. The Balaban J connectivity index is 1.94. The maximum absolute atomic E-state index is 11.4. The number of anilines is 1. The number of morpholine rings is 1. The van der Waals surface area contributed by atoms with Crippen molar-refractivity contribution in [2.75, 3.05) is 18.0 Å². The van der Waals surface area contributed by atoms with Crippen LogP contribution in [-0.2, 0) is 4.74 Å². The Kier molecular flexibility index (Phi) is 3.70. The number of hydrogen-bond acceptors (Lipinski definition) is 5. The molecule has 1 saturated heterocycles. The molecule has 0 amide bonds. The molecule has 0 saturated carbocycles. The van der Waals surface area contributed by atoms with E-state index in [1.807, 2.05) is 26.0 Å². The summed E-state index contributed by atoms with van der Waals surface area (Å²) in [6.45, 7) is 5.60. The molecule has 2 aromatic heterocycles. The lowest BCUT2D eigenvalue weighted by molar-refractivity contribution is -0.00527. The van der Waals surface area contributed by atoms with E-state index in [9.17, 15) is 4.79 Å². The Hall–Kier alpha value is -2.21. The van der Waals surface area contributed by atoms with Crippen LogP contribution in [0.2, 0.25) is 0 Å². The normalized spacial score (nSPS) is 22.3. The van der Waals surface area contributed by atoms with Crippen molar-refractivity contribution in [1.82, 2.24) is 15.2 Å². The summed E-state index contributed by atoms with van der Waals surface area (Å²) in [7, 11) is 0. The van der Waals surface area contributed by atoms with Gasteiger partial charge >= 0.3 is 0 Å². The van der Waals surface area contributed by atoms with E-state index in [4.69, 9.17) is 4.74 Å². The highest BCUT2D eigenvalue weighted by Crippen LogP contribution is 2.25. The smallest absolute Gasteiger partial charge is 0.170 e. The molecule has 6 nitrogen and oxygen atoms in total. The van der Waals surface area contributed by atoms with Gasteiger partial charge in [0.05, 0.1) is 29.8 Å². The van der Waals surface area contributed by atoms with Crippen molar-refractivity contribution in [3.8, 4) is 11.3 Å². The molecule has 2 unspecified atom stereocenters. The molecule has 1 N–H and O–H groups in total. The van der Waals surface area contributed by atoms with Crippen LogP contribution in [0.3, 0.4) is 0 Å². The SMILES string of the molecule is CC1CN(c2ccc(-c3cn[nH]c3)nc2C=O)CC(C)O1. The molecule has 2 aromatic rings. The first kappa shape index (κ1) is 13.8. The number of aromatic amines is 1. The highest BCUT2D eigenvalue weighted by molar-refractivity contribution is 5.83. The molecule has 0 aromatic carbocycles. The number of nitrogens with one attached hydrogen (secondary N) is 1. The fourth-order valence-electron chi connectivity index (χ4n) is 2.75. The molecule has 6 heteroatoms. The number of aldehydes is 1. The third kappa shape index (κ3) is 2.80. The maximum atomic E-state index is 11.4. The number of carbonyl (C=O) groups excluding carboxylic acids is 1. The summed E-state index contributed by atoms with van der Waals surface area (Å²) in [5, 5.41) is 6.66. The molecular weight excluding hydrogens is 268 g/mol. The molecule has 2 atom stereocenters. The fraction of sp³-hybridized carbons (Fsp3) is 0.400. The Morgan fingerprint density at radius 2 is 2.10 bits per heavy atom. The third-order valence-corrected chi connectivity index (χ3v) is 3.57. The zero-order valence-corrected chi connectivity index (χ0v) is 12.1. The molecule has 1 aliphatic heterocycles. The average Bonchev–Trinajstić information content (AvgIpc) is 2.99. The van der Waals surface area contributed by atoms with Crippen LogP contribution in [0.15, 0.2) is 24.5 Å². The first-order valence-electron chi connectivity index (χ1n) is 7.03. The van der Waals surface area contributed by atoms with Crippen LogP contribution < -0.4 is 4.90 Å². The van der Waals surface area contributed by atoms with Gasteiger partial charge in [-0.25, -0.2) is 4.98 Å². The van der Waals surface area contributed by atoms with Crippen molar-refractivity contribution in [2.45, 2.75) is 26.1 Å². The van der Waals surface area contributed by atoms with Gasteiger partial charge in [-0.3, -0.25) is 9.89 Å². The van der Waals surface area contributed by atoms with Crippen LogP contribution in [0.4, 0.5) is 5.69 Å². The number of nitrogens with zero attached hydrogens (tertiary/aromatic N) is 3. The molecule has 3 rings (SSSR count). The van der Waals surface area contributed by atoms with Gasteiger partial charge in [0.1, 0.15) is 5.69 Å². The number of hydrogen-bond donors (Lipinski definition) is 1. The second-order valence-corrected chi connectivity index (χ2v) is 5.37. The van der Waals surface area contributed by atoms with E-state index < -0.39 is 0 Å². The van der Waals surface area contributed by atoms with Gasteiger partial charge in [0, 0.05) is 24.8 Å². The Labute approximate surface area is 123 Å². The van der Waals surface area contributed by atoms with Crippen molar-refractivity contribution in [2.24, 2.45) is 0 Å². The van der Waals surface area contributed by atoms with Gasteiger partial charge in [-0.2, -0.15) is 5.10 Å². The van der Waals surface area contributed by atoms with E-state index in [1.54, 1.807) is 12.4 Å². The predicted octanol–water partition coefficient (Wildman–Crippen LogP) is 1.90. The molecule has 1 fully saturated rings. The topological polar surface area (TPSA) is 71.1 Å². The molecule has 110 valence electrons. The Bertz CT molecular complexity index is 617. The van der Waals surface area contributed by atoms with E-state index in [-0.39, 0.29) is 12.2 Å². The van der Waals surface area contributed by atoms with Crippen molar-refractivity contribution in [3.05, 3.63) is 30.2 Å². The Morgan fingerprint density at radius 3 is 2.71 bits per heavy atom. The predicted molar refractivity (Wildman–Crippen MR) is 79.4 cm³/mol. The van der Waals surface area contributed by atoms with E-state index in [0.717, 1.165) is 36.3 Å². The summed E-state index contributed by atoms with van der Waals surface area (Å²) in [6.07, 6.45) is 4.54. The summed E-state index contributed by atoms with van der Waals surface area (Å²) >= 11 is 0. The lowest BCUT2D eigenvalue weighted by Crippen LogP contribution is -2.45. The van der Waals surface area contributed by atoms with Crippen LogP contribution >= 0.6 is 0 Å². The lowest BCUT2D eigenvalue weighted by atomic mass is 10.1. The van der Waals surface area contributed by atoms with Crippen LogP contribution in [-0.4, -0.2) is 46.8 Å². The molecule has 0 bridgehead atoms. The Morgan fingerprint density at radius 1 is 1.33 bits per heavy atom. The lowest BCUT2D eigenvalue weighted by Gasteiger charge is -2.37. The van der Waals surface area contributed by atoms with Crippen LogP contribution in [0.1, 0.15) is 24.3 Å². The molecule has 0 radical (unpaired) electrons. The van der Waals surface area contributed by atoms with Crippen LogP contribution in [0.5, 0.6) is 0 Å². The van der Waals surface area contributed by atoms with Crippen molar-refractivity contribution >= 4 is 12.0 Å². The first-order chi connectivity index (χ1) is 10.2. The van der Waals surface area contributed by atoms with E-state index in [2.05, 4.69) is 20.1 Å². The minimum absolute atomic E-state index is 0.141.